The van der Waals surface area contributed by atoms with Crippen LogP contribution in [-0.2, 0) is 0 Å². The van der Waals surface area contributed by atoms with Crippen LogP contribution in [-0.4, -0.2) is 21.0 Å². The van der Waals surface area contributed by atoms with Gasteiger partial charge in [-0.1, -0.05) is 23.4 Å². The number of hydrogen-bond acceptors (Lipinski definition) is 4. The number of carbonyl (C=O) groups is 1. The van der Waals surface area contributed by atoms with Crippen LogP contribution in [0.2, 0.25) is 5.02 Å². The normalized spacial score (nSPS) is 12.1. The van der Waals surface area contributed by atoms with E-state index in [0.29, 0.717) is 15.7 Å². The molecule has 0 fully saturated rings. The van der Waals surface area contributed by atoms with Gasteiger partial charge in [-0.2, -0.15) is 0 Å². The van der Waals surface area contributed by atoms with Crippen molar-refractivity contribution >= 4 is 29.1 Å². The average molecular weight is 279 g/mol. The number of hydrogen-bond donors (Lipinski definition) is 0. The van der Waals surface area contributed by atoms with Crippen molar-refractivity contribution in [3.05, 3.63) is 53.3 Å². The lowest BCUT2D eigenvalue weighted by atomic mass is 10.1. The number of aromatic nitrogens is 2. The van der Waals surface area contributed by atoms with Crippen molar-refractivity contribution in [2.45, 2.75) is 17.3 Å². The van der Waals surface area contributed by atoms with E-state index in [1.165, 1.54) is 11.8 Å². The SMILES string of the molecule is C[C@@H](Sc1ncccn1)C(=O)c1ccc(Cl)cc1. The summed E-state index contributed by atoms with van der Waals surface area (Å²) in [4.78, 5) is 20.3. The van der Waals surface area contributed by atoms with E-state index in [0.717, 1.165) is 0 Å². The summed E-state index contributed by atoms with van der Waals surface area (Å²) in [5, 5.41) is 0.999. The topological polar surface area (TPSA) is 42.9 Å². The van der Waals surface area contributed by atoms with E-state index < -0.39 is 0 Å². The molecule has 5 heteroatoms. The van der Waals surface area contributed by atoms with E-state index >= 15 is 0 Å². The molecule has 1 heterocycles. The molecule has 0 unspecified atom stereocenters. The maximum atomic E-state index is 12.1. The number of thioether (sulfide) groups is 1. The fourth-order valence-electron chi connectivity index (χ4n) is 1.41. The molecule has 0 saturated heterocycles. The number of benzene rings is 1. The summed E-state index contributed by atoms with van der Waals surface area (Å²) in [7, 11) is 0. The number of Topliss-reactive ketones (excluding diaryl/α,β-unsaturated/α-hetero) is 1. The zero-order valence-corrected chi connectivity index (χ0v) is 11.3. The molecular weight excluding hydrogens is 268 g/mol. The Balaban J connectivity index is 2.07. The lowest BCUT2D eigenvalue weighted by molar-refractivity contribution is 0.0994. The standard InChI is InChI=1S/C13H11ClN2OS/c1-9(18-13-15-7-2-8-16-13)12(17)10-3-5-11(14)6-4-10/h2-9H,1H3/t9-/m1/s1. The summed E-state index contributed by atoms with van der Waals surface area (Å²) < 4.78 is 0. The molecule has 0 radical (unpaired) electrons. The molecule has 18 heavy (non-hydrogen) atoms. The first-order valence-corrected chi connectivity index (χ1v) is 6.66. The number of nitrogens with zero attached hydrogens (tertiary/aromatic N) is 2. The highest BCUT2D eigenvalue weighted by atomic mass is 35.5. The molecule has 92 valence electrons. The van der Waals surface area contributed by atoms with E-state index in [1.54, 1.807) is 42.7 Å². The molecule has 0 spiro atoms. The van der Waals surface area contributed by atoms with Crippen molar-refractivity contribution in [3.63, 3.8) is 0 Å². The average Bonchev–Trinajstić information content (AvgIpc) is 2.40. The number of rotatable bonds is 4. The first-order valence-electron chi connectivity index (χ1n) is 5.40. The van der Waals surface area contributed by atoms with Crippen molar-refractivity contribution < 1.29 is 4.79 Å². The van der Waals surface area contributed by atoms with Crippen molar-refractivity contribution in [1.82, 2.24) is 9.97 Å². The Hall–Kier alpha value is -1.39. The first-order chi connectivity index (χ1) is 8.66. The van der Waals surface area contributed by atoms with E-state index in [2.05, 4.69) is 9.97 Å². The molecule has 2 rings (SSSR count). The summed E-state index contributed by atoms with van der Waals surface area (Å²) in [5.41, 5.74) is 0.648. The van der Waals surface area contributed by atoms with Crippen LogP contribution >= 0.6 is 23.4 Å². The van der Waals surface area contributed by atoms with Gasteiger partial charge in [-0.15, -0.1) is 0 Å². The Morgan fingerprint density at radius 1 is 1.22 bits per heavy atom. The van der Waals surface area contributed by atoms with Crippen molar-refractivity contribution in [2.24, 2.45) is 0 Å². The highest BCUT2D eigenvalue weighted by Crippen LogP contribution is 2.22. The number of carbonyl (C=O) groups excluding carboxylic acids is 1. The Labute approximate surface area is 115 Å². The highest BCUT2D eigenvalue weighted by molar-refractivity contribution is 8.00. The summed E-state index contributed by atoms with van der Waals surface area (Å²) in [6, 6.07) is 8.63. The quantitative estimate of drug-likeness (QED) is 0.488. The van der Waals surface area contributed by atoms with Crippen LogP contribution in [0.1, 0.15) is 17.3 Å². The Morgan fingerprint density at radius 3 is 2.44 bits per heavy atom. The molecule has 2 aromatic rings. The van der Waals surface area contributed by atoms with Crippen LogP contribution in [0.25, 0.3) is 0 Å². The van der Waals surface area contributed by atoms with Gasteiger partial charge in [-0.05, 0) is 37.3 Å². The smallest absolute Gasteiger partial charge is 0.188 e. The van der Waals surface area contributed by atoms with Gasteiger partial charge in [-0.25, -0.2) is 9.97 Å². The van der Waals surface area contributed by atoms with E-state index in [-0.39, 0.29) is 11.0 Å². The predicted molar refractivity (Wildman–Crippen MR) is 73.1 cm³/mol. The molecule has 1 atom stereocenters. The largest absolute Gasteiger partial charge is 0.293 e. The van der Waals surface area contributed by atoms with Gasteiger partial charge in [-0.3, -0.25) is 4.79 Å². The first kappa shape index (κ1) is 13.1. The van der Waals surface area contributed by atoms with Gasteiger partial charge in [0.25, 0.3) is 0 Å². The zero-order chi connectivity index (χ0) is 13.0. The Bertz CT molecular complexity index is 530. The molecule has 0 saturated carbocycles. The van der Waals surface area contributed by atoms with Crippen molar-refractivity contribution in [2.75, 3.05) is 0 Å². The third-order valence-corrected chi connectivity index (χ3v) is 3.56. The maximum Gasteiger partial charge on any atom is 0.188 e. The van der Waals surface area contributed by atoms with Gasteiger partial charge in [0, 0.05) is 23.0 Å². The minimum Gasteiger partial charge on any atom is -0.293 e. The monoisotopic (exact) mass is 278 g/mol. The fraction of sp³-hybridized carbons (Fsp3) is 0.154. The fourth-order valence-corrected chi connectivity index (χ4v) is 2.34. The van der Waals surface area contributed by atoms with Gasteiger partial charge in [0.15, 0.2) is 10.9 Å². The summed E-state index contributed by atoms with van der Waals surface area (Å²) >= 11 is 7.14. The molecule has 3 nitrogen and oxygen atoms in total. The number of halogens is 1. The van der Waals surface area contributed by atoms with Gasteiger partial charge in [0.1, 0.15) is 0 Å². The third-order valence-electron chi connectivity index (χ3n) is 2.32. The van der Waals surface area contributed by atoms with Gasteiger partial charge >= 0.3 is 0 Å². The Morgan fingerprint density at radius 2 is 1.83 bits per heavy atom. The molecule has 0 bridgehead atoms. The van der Waals surface area contributed by atoms with E-state index in [4.69, 9.17) is 11.6 Å². The molecule has 0 aliphatic carbocycles. The lowest BCUT2D eigenvalue weighted by Crippen LogP contribution is -2.13. The maximum absolute atomic E-state index is 12.1. The second-order valence-electron chi connectivity index (χ2n) is 3.66. The molecule has 0 amide bonds. The highest BCUT2D eigenvalue weighted by Gasteiger charge is 2.17. The van der Waals surface area contributed by atoms with Gasteiger partial charge in [0.05, 0.1) is 5.25 Å². The van der Waals surface area contributed by atoms with Crippen LogP contribution in [0.5, 0.6) is 0 Å². The van der Waals surface area contributed by atoms with Crippen LogP contribution < -0.4 is 0 Å². The molecule has 0 N–H and O–H groups in total. The van der Waals surface area contributed by atoms with E-state index in [1.807, 2.05) is 6.92 Å². The van der Waals surface area contributed by atoms with Crippen LogP contribution in [0.4, 0.5) is 0 Å². The van der Waals surface area contributed by atoms with Crippen molar-refractivity contribution in [1.29, 1.82) is 0 Å². The second-order valence-corrected chi connectivity index (χ2v) is 5.41. The van der Waals surface area contributed by atoms with Crippen molar-refractivity contribution in [3.8, 4) is 0 Å². The molecule has 1 aromatic carbocycles. The van der Waals surface area contributed by atoms with Crippen LogP contribution in [0.3, 0.4) is 0 Å². The minimum atomic E-state index is -0.228. The number of ketones is 1. The molecule has 0 aliphatic heterocycles. The van der Waals surface area contributed by atoms with E-state index in [9.17, 15) is 4.79 Å². The molecular formula is C13H11ClN2OS. The second kappa shape index (κ2) is 5.98. The third kappa shape index (κ3) is 3.31. The Kier molecular flexibility index (Phi) is 4.33. The molecule has 0 aliphatic rings. The predicted octanol–water partition coefficient (Wildman–Crippen LogP) is 3.49. The summed E-state index contributed by atoms with van der Waals surface area (Å²) in [6.07, 6.45) is 3.32. The lowest BCUT2D eigenvalue weighted by Gasteiger charge is -2.08. The van der Waals surface area contributed by atoms with Crippen LogP contribution in [0.15, 0.2) is 47.9 Å². The summed E-state index contributed by atoms with van der Waals surface area (Å²) in [6.45, 7) is 1.85. The molecule has 1 aromatic heterocycles. The minimum absolute atomic E-state index is 0.0455. The summed E-state index contributed by atoms with van der Waals surface area (Å²) in [5.74, 6) is 0.0455. The van der Waals surface area contributed by atoms with Crippen LogP contribution in [0, 0.1) is 0 Å². The van der Waals surface area contributed by atoms with Gasteiger partial charge < -0.3 is 0 Å². The zero-order valence-electron chi connectivity index (χ0n) is 9.71. The van der Waals surface area contributed by atoms with Gasteiger partial charge in [0.2, 0.25) is 0 Å².